The van der Waals surface area contributed by atoms with Gasteiger partial charge in [0, 0.05) is 30.6 Å². The van der Waals surface area contributed by atoms with E-state index in [0.717, 1.165) is 5.56 Å². The van der Waals surface area contributed by atoms with Crippen LogP contribution in [0.3, 0.4) is 0 Å². The van der Waals surface area contributed by atoms with Crippen molar-refractivity contribution in [2.45, 2.75) is 17.2 Å². The van der Waals surface area contributed by atoms with E-state index in [4.69, 9.17) is 14.6 Å². The molecule has 1 amide bonds. The van der Waals surface area contributed by atoms with Crippen LogP contribution in [0, 0.1) is 17.1 Å². The average Bonchev–Trinajstić information content (AvgIpc) is 3.21. The summed E-state index contributed by atoms with van der Waals surface area (Å²) in [5.41, 5.74) is 1.61. The fourth-order valence-corrected chi connectivity index (χ4v) is 4.33. The Kier molecular flexibility index (Phi) is 6.24. The smallest absolute Gasteiger partial charge is 0.238 e. The van der Waals surface area contributed by atoms with Gasteiger partial charge >= 0.3 is 0 Å². The van der Waals surface area contributed by atoms with E-state index in [1.165, 1.54) is 49.6 Å². The second-order valence-corrected chi connectivity index (χ2v) is 9.27. The number of nitrogens with zero attached hydrogens (tertiary/aromatic N) is 2. The Balaban J connectivity index is 1.59. The summed E-state index contributed by atoms with van der Waals surface area (Å²) < 4.78 is 47.5. The maximum absolute atomic E-state index is 13.5. The van der Waals surface area contributed by atoms with Crippen molar-refractivity contribution in [3.8, 4) is 23.3 Å². The molecule has 0 bridgehead atoms. The molecule has 0 unspecified atom stereocenters. The van der Waals surface area contributed by atoms with Crippen molar-refractivity contribution >= 4 is 21.6 Å². The summed E-state index contributed by atoms with van der Waals surface area (Å²) in [6.45, 7) is 0.360. The highest BCUT2D eigenvalue weighted by Crippen LogP contribution is 2.37. The van der Waals surface area contributed by atoms with Gasteiger partial charge in [-0.15, -0.1) is 0 Å². The number of hydrogen-bond donors (Lipinski definition) is 1. The third-order valence-corrected chi connectivity index (χ3v) is 6.47. The predicted octanol–water partition coefficient (Wildman–Crippen LogP) is 3.67. The monoisotopic (exact) mass is 481 g/mol. The molecule has 8 nitrogen and oxygen atoms in total. The molecule has 0 saturated carbocycles. The van der Waals surface area contributed by atoms with Gasteiger partial charge in [-0.05, 0) is 54.1 Å². The summed E-state index contributed by atoms with van der Waals surface area (Å²) in [7, 11) is -2.44. The molecule has 4 rings (SSSR count). The first kappa shape index (κ1) is 23.2. The van der Waals surface area contributed by atoms with Crippen molar-refractivity contribution in [1.82, 2.24) is 0 Å². The molecule has 1 fully saturated rings. The van der Waals surface area contributed by atoms with Crippen LogP contribution in [0.1, 0.15) is 23.5 Å². The molecule has 174 valence electrons. The highest BCUT2D eigenvalue weighted by molar-refractivity contribution is 7.89. The maximum Gasteiger partial charge on any atom is 0.238 e. The Labute approximate surface area is 196 Å². The molecule has 3 aromatic carbocycles. The number of amides is 1. The maximum atomic E-state index is 13.5. The van der Waals surface area contributed by atoms with E-state index in [2.05, 4.69) is 6.07 Å². The average molecular weight is 482 g/mol. The number of primary sulfonamides is 1. The van der Waals surface area contributed by atoms with Gasteiger partial charge in [0.2, 0.25) is 15.9 Å². The minimum Gasteiger partial charge on any atom is -0.493 e. The standard InChI is InChI=1S/C24H20FN3O5S/c1-32-23-12-18(25)4-9-21(23)33-22-10-15(2-3-16(22)13-26)17-11-24(29)28(14-17)19-5-7-20(8-6-19)34(27,30)31/h2-10,12,17H,11,14H2,1H3,(H2,27,30,31)/t17-/m0/s1. The highest BCUT2D eigenvalue weighted by Gasteiger charge is 2.32. The van der Waals surface area contributed by atoms with Gasteiger partial charge in [0.25, 0.3) is 0 Å². The van der Waals surface area contributed by atoms with Crippen LogP contribution >= 0.6 is 0 Å². The summed E-state index contributed by atoms with van der Waals surface area (Å²) in [5, 5.41) is 14.6. The number of rotatable bonds is 6. The van der Waals surface area contributed by atoms with Crippen LogP contribution in [0.5, 0.6) is 17.2 Å². The van der Waals surface area contributed by atoms with Gasteiger partial charge in [-0.25, -0.2) is 17.9 Å². The van der Waals surface area contributed by atoms with E-state index in [0.29, 0.717) is 12.2 Å². The van der Waals surface area contributed by atoms with Crippen LogP contribution in [-0.2, 0) is 14.8 Å². The molecule has 0 radical (unpaired) electrons. The van der Waals surface area contributed by atoms with E-state index in [-0.39, 0.29) is 46.0 Å². The van der Waals surface area contributed by atoms with Crippen LogP contribution < -0.4 is 19.5 Å². The third kappa shape index (κ3) is 4.71. The number of carbonyl (C=O) groups is 1. The molecule has 0 spiro atoms. The van der Waals surface area contributed by atoms with Crippen molar-refractivity contribution in [3.05, 3.63) is 77.6 Å². The summed E-state index contributed by atoms with van der Waals surface area (Å²) in [6, 6.07) is 16.7. The van der Waals surface area contributed by atoms with Crippen molar-refractivity contribution in [1.29, 1.82) is 5.26 Å². The molecule has 1 aliphatic heterocycles. The van der Waals surface area contributed by atoms with Crippen LogP contribution in [-0.4, -0.2) is 28.0 Å². The molecule has 0 aromatic heterocycles. The number of carbonyl (C=O) groups excluding carboxylic acids is 1. The van der Waals surface area contributed by atoms with E-state index in [9.17, 15) is 22.9 Å². The van der Waals surface area contributed by atoms with Gasteiger partial charge in [0.15, 0.2) is 11.5 Å². The van der Waals surface area contributed by atoms with Gasteiger partial charge in [-0.3, -0.25) is 4.79 Å². The third-order valence-electron chi connectivity index (χ3n) is 5.55. The van der Waals surface area contributed by atoms with E-state index < -0.39 is 15.8 Å². The zero-order chi connectivity index (χ0) is 24.5. The number of anilines is 1. The lowest BCUT2D eigenvalue weighted by Gasteiger charge is -2.18. The minimum absolute atomic E-state index is 0.0375. The van der Waals surface area contributed by atoms with Crippen LogP contribution in [0.25, 0.3) is 0 Å². The van der Waals surface area contributed by atoms with E-state index in [1.807, 2.05) is 0 Å². The molecule has 1 heterocycles. The largest absolute Gasteiger partial charge is 0.493 e. The minimum atomic E-state index is -3.83. The lowest BCUT2D eigenvalue weighted by atomic mass is 9.96. The van der Waals surface area contributed by atoms with Gasteiger partial charge in [0.05, 0.1) is 17.6 Å². The number of nitriles is 1. The van der Waals surface area contributed by atoms with Crippen LogP contribution in [0.4, 0.5) is 10.1 Å². The summed E-state index contributed by atoms with van der Waals surface area (Å²) >= 11 is 0. The first-order valence-corrected chi connectivity index (χ1v) is 11.7. The Bertz CT molecular complexity index is 1400. The number of sulfonamides is 1. The lowest BCUT2D eigenvalue weighted by Crippen LogP contribution is -2.24. The normalized spacial score (nSPS) is 15.8. The second-order valence-electron chi connectivity index (χ2n) is 7.71. The first-order chi connectivity index (χ1) is 16.2. The number of nitrogens with two attached hydrogens (primary N) is 1. The molecule has 34 heavy (non-hydrogen) atoms. The van der Waals surface area contributed by atoms with Crippen molar-refractivity contribution in [2.24, 2.45) is 5.14 Å². The fraction of sp³-hybridized carbons (Fsp3) is 0.167. The van der Waals surface area contributed by atoms with Crippen molar-refractivity contribution in [2.75, 3.05) is 18.6 Å². The van der Waals surface area contributed by atoms with Gasteiger partial charge in [-0.1, -0.05) is 6.07 Å². The molecule has 2 N–H and O–H groups in total. The molecule has 0 aliphatic carbocycles. The quantitative estimate of drug-likeness (QED) is 0.573. The first-order valence-electron chi connectivity index (χ1n) is 10.2. The van der Waals surface area contributed by atoms with Crippen LogP contribution in [0.2, 0.25) is 0 Å². The Hall–Kier alpha value is -3.94. The molecular formula is C24H20FN3O5S. The molecular weight excluding hydrogens is 461 g/mol. The number of benzene rings is 3. The number of halogens is 1. The molecule has 3 aromatic rings. The zero-order valence-corrected chi connectivity index (χ0v) is 18.9. The number of ether oxygens (including phenoxy) is 2. The highest BCUT2D eigenvalue weighted by atomic mass is 32.2. The fourth-order valence-electron chi connectivity index (χ4n) is 3.81. The predicted molar refractivity (Wildman–Crippen MR) is 122 cm³/mol. The Morgan fingerprint density at radius 1 is 1.06 bits per heavy atom. The van der Waals surface area contributed by atoms with Crippen molar-refractivity contribution < 1.29 is 27.1 Å². The second kappa shape index (κ2) is 9.13. The summed E-state index contributed by atoms with van der Waals surface area (Å²) in [5.74, 6) is -0.111. The van der Waals surface area contributed by atoms with E-state index in [1.54, 1.807) is 23.1 Å². The van der Waals surface area contributed by atoms with Crippen molar-refractivity contribution in [3.63, 3.8) is 0 Å². The molecule has 1 aliphatic rings. The number of methoxy groups -OCH3 is 1. The molecule has 10 heteroatoms. The van der Waals surface area contributed by atoms with Gasteiger partial charge in [0.1, 0.15) is 17.6 Å². The molecule has 1 atom stereocenters. The lowest BCUT2D eigenvalue weighted by molar-refractivity contribution is -0.117. The summed E-state index contributed by atoms with van der Waals surface area (Å²) in [6.07, 6.45) is 0.224. The molecule has 1 saturated heterocycles. The van der Waals surface area contributed by atoms with Gasteiger partial charge in [-0.2, -0.15) is 5.26 Å². The SMILES string of the molecule is COc1cc(F)ccc1Oc1cc([C@H]2CC(=O)N(c3ccc(S(N)(=O)=O)cc3)C2)ccc1C#N. The topological polar surface area (TPSA) is 123 Å². The summed E-state index contributed by atoms with van der Waals surface area (Å²) in [4.78, 5) is 14.2. The van der Waals surface area contributed by atoms with Crippen LogP contribution in [0.15, 0.2) is 65.6 Å². The zero-order valence-electron chi connectivity index (χ0n) is 18.1. The van der Waals surface area contributed by atoms with Gasteiger partial charge < -0.3 is 14.4 Å². The Morgan fingerprint density at radius 3 is 2.44 bits per heavy atom. The van der Waals surface area contributed by atoms with E-state index >= 15 is 0 Å². The number of hydrogen-bond acceptors (Lipinski definition) is 6. The Morgan fingerprint density at radius 2 is 1.79 bits per heavy atom.